The molecule has 0 amide bonds. The molecular weight excluding hydrogens is 282 g/mol. The zero-order valence-corrected chi connectivity index (χ0v) is 11.6. The molecule has 0 spiro atoms. The van der Waals surface area contributed by atoms with Crippen LogP contribution in [0, 0.1) is 0 Å². The first-order valence-electron chi connectivity index (χ1n) is 4.75. The molecule has 0 bridgehead atoms. The van der Waals surface area contributed by atoms with E-state index in [1.165, 1.54) is 12.1 Å². The highest BCUT2D eigenvalue weighted by Gasteiger charge is 2.16. The summed E-state index contributed by atoms with van der Waals surface area (Å²) in [6, 6.07) is 2.96. The average Bonchev–Trinajstić information content (AvgIpc) is 2.66. The first kappa shape index (κ1) is 14.5. The van der Waals surface area contributed by atoms with E-state index in [2.05, 4.69) is 4.72 Å². The quantitative estimate of drug-likeness (QED) is 0.734. The zero-order chi connectivity index (χ0) is 12.9. The van der Waals surface area contributed by atoms with Crippen molar-refractivity contribution in [1.29, 1.82) is 0 Å². The Bertz CT molecular complexity index is 480. The van der Waals surface area contributed by atoms with Gasteiger partial charge in [0.15, 0.2) is 0 Å². The van der Waals surface area contributed by atoms with Crippen LogP contribution in [0.4, 0.5) is 0 Å². The number of thiophene rings is 1. The van der Waals surface area contributed by atoms with E-state index in [0.717, 1.165) is 11.3 Å². The highest BCUT2D eigenvalue weighted by Crippen LogP contribution is 2.21. The summed E-state index contributed by atoms with van der Waals surface area (Å²) in [6.07, 6.45) is 1.75. The molecule has 0 atom stereocenters. The van der Waals surface area contributed by atoms with Gasteiger partial charge in [-0.15, -0.1) is 11.3 Å². The van der Waals surface area contributed by atoms with Crippen LogP contribution in [0.2, 0.25) is 0 Å². The normalized spacial score (nSPS) is 11.6. The number of carbonyl (C=O) groups is 1. The second kappa shape index (κ2) is 6.39. The molecule has 1 aromatic heterocycles. The molecule has 5 nitrogen and oxygen atoms in total. The molecule has 0 aliphatic carbocycles. The predicted molar refractivity (Wildman–Crippen MR) is 69.2 cm³/mol. The molecule has 0 unspecified atom stereocenters. The second-order valence-corrected chi connectivity index (χ2v) is 7.33. The minimum Gasteiger partial charge on any atom is -0.481 e. The molecule has 0 saturated heterocycles. The average molecular weight is 295 g/mol. The number of nitrogens with one attached hydrogen (secondary N) is 1. The van der Waals surface area contributed by atoms with Crippen LogP contribution in [0.15, 0.2) is 16.3 Å². The first-order valence-corrected chi connectivity index (χ1v) is 8.44. The molecule has 0 radical (unpaired) electrons. The molecule has 1 rings (SSSR count). The fraction of sp³-hybridized carbons (Fsp3) is 0.444. The van der Waals surface area contributed by atoms with Crippen LogP contribution in [-0.4, -0.2) is 38.0 Å². The monoisotopic (exact) mass is 295 g/mol. The lowest BCUT2D eigenvalue weighted by atomic mass is 10.3. The molecule has 0 aromatic carbocycles. The topological polar surface area (TPSA) is 83.5 Å². The van der Waals surface area contributed by atoms with Gasteiger partial charge in [0, 0.05) is 17.2 Å². The van der Waals surface area contributed by atoms with Crippen LogP contribution in [0.3, 0.4) is 0 Å². The summed E-state index contributed by atoms with van der Waals surface area (Å²) in [6.45, 7) is 0.371. The maximum Gasteiger partial charge on any atom is 0.308 e. The lowest BCUT2D eigenvalue weighted by Gasteiger charge is -2.02. The van der Waals surface area contributed by atoms with E-state index in [-0.39, 0.29) is 10.6 Å². The largest absolute Gasteiger partial charge is 0.481 e. The molecular formula is C9H13NO4S3. The number of rotatable bonds is 7. The highest BCUT2D eigenvalue weighted by molar-refractivity contribution is 7.98. The van der Waals surface area contributed by atoms with Crippen LogP contribution in [0.1, 0.15) is 4.88 Å². The van der Waals surface area contributed by atoms with Gasteiger partial charge in [-0.1, -0.05) is 0 Å². The molecule has 1 heterocycles. The van der Waals surface area contributed by atoms with Crippen LogP contribution in [0.25, 0.3) is 0 Å². The van der Waals surface area contributed by atoms with E-state index in [0.29, 0.717) is 17.2 Å². The maximum absolute atomic E-state index is 11.7. The van der Waals surface area contributed by atoms with Gasteiger partial charge >= 0.3 is 5.97 Å². The predicted octanol–water partition coefficient (Wildman–Crippen LogP) is 1.02. The molecule has 0 aliphatic rings. The molecule has 8 heteroatoms. The maximum atomic E-state index is 11.7. The first-order chi connectivity index (χ1) is 7.95. The van der Waals surface area contributed by atoms with Gasteiger partial charge in [0.25, 0.3) is 0 Å². The Kier molecular flexibility index (Phi) is 5.44. The van der Waals surface area contributed by atoms with Crippen molar-refractivity contribution in [2.45, 2.75) is 10.6 Å². The van der Waals surface area contributed by atoms with Gasteiger partial charge in [0.1, 0.15) is 4.21 Å². The van der Waals surface area contributed by atoms with Gasteiger partial charge in [-0.05, 0) is 18.4 Å². The van der Waals surface area contributed by atoms with Crippen molar-refractivity contribution in [3.8, 4) is 0 Å². The minimum atomic E-state index is -3.49. The molecule has 0 fully saturated rings. The van der Waals surface area contributed by atoms with Crippen LogP contribution in [0.5, 0.6) is 0 Å². The van der Waals surface area contributed by atoms with Crippen molar-refractivity contribution in [2.75, 3.05) is 18.6 Å². The summed E-state index contributed by atoms with van der Waals surface area (Å²) in [5, 5.41) is 8.59. The van der Waals surface area contributed by atoms with E-state index in [4.69, 9.17) is 5.11 Å². The number of hydrogen-bond donors (Lipinski definition) is 2. The van der Waals surface area contributed by atoms with Gasteiger partial charge in [0.2, 0.25) is 10.0 Å². The fourth-order valence-corrected chi connectivity index (χ4v) is 3.95. The van der Waals surface area contributed by atoms with Crippen molar-refractivity contribution < 1.29 is 18.3 Å². The van der Waals surface area contributed by atoms with Gasteiger partial charge in [-0.25, -0.2) is 13.1 Å². The van der Waals surface area contributed by atoms with E-state index >= 15 is 0 Å². The van der Waals surface area contributed by atoms with E-state index in [9.17, 15) is 13.2 Å². The summed E-state index contributed by atoms with van der Waals surface area (Å²) in [5.41, 5.74) is 0. The van der Waals surface area contributed by atoms with Gasteiger partial charge in [0.05, 0.1) is 6.42 Å². The molecule has 0 saturated carbocycles. The molecule has 2 N–H and O–H groups in total. The zero-order valence-electron chi connectivity index (χ0n) is 9.17. The summed E-state index contributed by atoms with van der Waals surface area (Å²) in [4.78, 5) is 11.0. The molecule has 96 valence electrons. The Morgan fingerprint density at radius 3 is 2.82 bits per heavy atom. The SMILES string of the molecule is CSCCNS(=O)(=O)c1ccc(CC(=O)O)s1. The van der Waals surface area contributed by atoms with E-state index in [1.807, 2.05) is 6.26 Å². The van der Waals surface area contributed by atoms with Crippen molar-refractivity contribution >= 4 is 39.1 Å². The van der Waals surface area contributed by atoms with E-state index < -0.39 is 16.0 Å². The summed E-state index contributed by atoms with van der Waals surface area (Å²) in [7, 11) is -3.49. The standard InChI is InChI=1S/C9H13NO4S3/c1-15-5-4-10-17(13,14)9-3-2-7(16-9)6-8(11)12/h2-3,10H,4-6H2,1H3,(H,11,12). The Morgan fingerprint density at radius 2 is 2.24 bits per heavy atom. The third-order valence-electron chi connectivity index (χ3n) is 1.83. The summed E-state index contributed by atoms with van der Waals surface area (Å²) in [5.74, 6) is -0.266. The molecule has 17 heavy (non-hydrogen) atoms. The summed E-state index contributed by atoms with van der Waals surface area (Å²) < 4.78 is 26.1. The van der Waals surface area contributed by atoms with Gasteiger partial charge in [-0.2, -0.15) is 11.8 Å². The van der Waals surface area contributed by atoms with Crippen molar-refractivity contribution in [2.24, 2.45) is 0 Å². The number of hydrogen-bond acceptors (Lipinski definition) is 5. The number of aliphatic carboxylic acids is 1. The second-order valence-electron chi connectivity index (χ2n) is 3.18. The lowest BCUT2D eigenvalue weighted by Crippen LogP contribution is -2.25. The molecule has 0 aliphatic heterocycles. The van der Waals surface area contributed by atoms with Crippen LogP contribution in [-0.2, 0) is 21.2 Å². The summed E-state index contributed by atoms with van der Waals surface area (Å²) >= 11 is 2.54. The Hall–Kier alpha value is -0.570. The van der Waals surface area contributed by atoms with Crippen molar-refractivity contribution in [3.05, 3.63) is 17.0 Å². The van der Waals surface area contributed by atoms with Crippen LogP contribution < -0.4 is 4.72 Å². The Morgan fingerprint density at radius 1 is 1.53 bits per heavy atom. The third-order valence-corrected chi connectivity index (χ3v) is 5.48. The fourth-order valence-electron chi connectivity index (χ4n) is 1.10. The Labute approximate surface area is 108 Å². The van der Waals surface area contributed by atoms with Gasteiger partial charge in [-0.3, -0.25) is 4.79 Å². The Balaban J connectivity index is 2.71. The number of carboxylic acid groups (broad SMARTS) is 1. The van der Waals surface area contributed by atoms with E-state index in [1.54, 1.807) is 11.8 Å². The minimum absolute atomic E-state index is 0.148. The van der Waals surface area contributed by atoms with Crippen molar-refractivity contribution in [3.63, 3.8) is 0 Å². The highest BCUT2D eigenvalue weighted by atomic mass is 32.2. The van der Waals surface area contributed by atoms with Gasteiger partial charge < -0.3 is 5.11 Å². The number of sulfonamides is 1. The van der Waals surface area contributed by atoms with Crippen molar-refractivity contribution in [1.82, 2.24) is 4.72 Å². The third kappa shape index (κ3) is 4.66. The van der Waals surface area contributed by atoms with Crippen LogP contribution >= 0.6 is 23.1 Å². The smallest absolute Gasteiger partial charge is 0.308 e. The molecule has 1 aromatic rings. The lowest BCUT2D eigenvalue weighted by molar-refractivity contribution is -0.136. The number of carboxylic acids is 1. The number of thioether (sulfide) groups is 1.